The van der Waals surface area contributed by atoms with Crippen LogP contribution in [0.4, 0.5) is 5.69 Å². The van der Waals surface area contributed by atoms with Crippen LogP contribution in [0, 0.1) is 10.1 Å². The van der Waals surface area contributed by atoms with Gasteiger partial charge in [0.1, 0.15) is 5.76 Å². The zero-order valence-corrected chi connectivity index (χ0v) is 13.9. The number of rotatable bonds is 7. The number of amides is 1. The first-order valence-corrected chi connectivity index (χ1v) is 7.66. The minimum absolute atomic E-state index is 0.0441. The normalized spacial score (nSPS) is 13.5. The first-order chi connectivity index (χ1) is 11.4. The molecule has 0 aliphatic carbocycles. The van der Waals surface area contributed by atoms with Gasteiger partial charge in [0, 0.05) is 18.2 Å². The number of furan rings is 1. The van der Waals surface area contributed by atoms with Crippen molar-refractivity contribution in [3.8, 4) is 0 Å². The van der Waals surface area contributed by atoms with Crippen molar-refractivity contribution in [3.05, 3.63) is 64.1 Å². The van der Waals surface area contributed by atoms with E-state index in [9.17, 15) is 14.9 Å². The van der Waals surface area contributed by atoms with E-state index in [4.69, 9.17) is 4.42 Å². The number of benzene rings is 1. The van der Waals surface area contributed by atoms with Gasteiger partial charge in [-0.3, -0.25) is 19.8 Å². The molecule has 2 rings (SSSR count). The van der Waals surface area contributed by atoms with Gasteiger partial charge in [-0.15, -0.1) is 0 Å². The van der Waals surface area contributed by atoms with E-state index in [0.29, 0.717) is 12.3 Å². The van der Waals surface area contributed by atoms with E-state index in [1.165, 1.54) is 12.1 Å². The van der Waals surface area contributed by atoms with E-state index >= 15 is 0 Å². The highest BCUT2D eigenvalue weighted by molar-refractivity contribution is 5.81. The Morgan fingerprint density at radius 1 is 1.33 bits per heavy atom. The summed E-state index contributed by atoms with van der Waals surface area (Å²) in [7, 11) is 1.82. The molecule has 0 aliphatic heterocycles. The van der Waals surface area contributed by atoms with Gasteiger partial charge in [0.05, 0.1) is 23.8 Å². The quantitative estimate of drug-likeness (QED) is 0.622. The largest absolute Gasteiger partial charge is 0.467 e. The molecule has 0 saturated heterocycles. The van der Waals surface area contributed by atoms with Crippen molar-refractivity contribution < 1.29 is 14.1 Å². The van der Waals surface area contributed by atoms with Crippen molar-refractivity contribution in [1.82, 2.24) is 10.2 Å². The second-order valence-electron chi connectivity index (χ2n) is 5.67. The van der Waals surface area contributed by atoms with Crippen molar-refractivity contribution in [2.45, 2.75) is 32.5 Å². The minimum atomic E-state index is -0.421. The highest BCUT2D eigenvalue weighted by atomic mass is 16.6. The maximum atomic E-state index is 12.3. The Kier molecular flexibility index (Phi) is 5.70. The minimum Gasteiger partial charge on any atom is -0.467 e. The zero-order chi connectivity index (χ0) is 17.7. The number of non-ortho nitro benzene ring substituents is 1. The van der Waals surface area contributed by atoms with Crippen molar-refractivity contribution in [2.24, 2.45) is 0 Å². The molecule has 0 aliphatic rings. The third kappa shape index (κ3) is 4.20. The van der Waals surface area contributed by atoms with Gasteiger partial charge in [0.25, 0.3) is 5.69 Å². The first-order valence-electron chi connectivity index (χ1n) is 7.66. The van der Waals surface area contributed by atoms with Crippen molar-refractivity contribution in [2.75, 3.05) is 7.05 Å². The Balaban J connectivity index is 2.00. The number of nitro benzene ring substituents is 1. The summed E-state index contributed by atoms with van der Waals surface area (Å²) < 4.78 is 5.18. The van der Waals surface area contributed by atoms with E-state index in [0.717, 1.165) is 5.56 Å². The van der Waals surface area contributed by atoms with E-state index < -0.39 is 11.0 Å². The third-order valence-electron chi connectivity index (χ3n) is 4.18. The Hall–Kier alpha value is -2.67. The molecule has 7 nitrogen and oxygen atoms in total. The monoisotopic (exact) mass is 331 g/mol. The van der Waals surface area contributed by atoms with Gasteiger partial charge < -0.3 is 9.73 Å². The summed E-state index contributed by atoms with van der Waals surface area (Å²) in [6, 6.07) is 9.48. The fourth-order valence-electron chi connectivity index (χ4n) is 2.39. The highest BCUT2D eigenvalue weighted by Gasteiger charge is 2.24. The van der Waals surface area contributed by atoms with Gasteiger partial charge in [-0.1, -0.05) is 12.1 Å². The second kappa shape index (κ2) is 7.74. The Morgan fingerprint density at radius 3 is 2.71 bits per heavy atom. The number of carbonyl (C=O) groups is 1. The molecule has 0 unspecified atom stereocenters. The number of hydrogen-bond donors (Lipinski definition) is 1. The smallest absolute Gasteiger partial charge is 0.269 e. The molecule has 1 aromatic heterocycles. The van der Waals surface area contributed by atoms with Crippen LogP contribution in [0.2, 0.25) is 0 Å². The maximum absolute atomic E-state index is 12.3. The van der Waals surface area contributed by atoms with Crippen LogP contribution < -0.4 is 5.32 Å². The van der Waals surface area contributed by atoms with Crippen molar-refractivity contribution in [1.29, 1.82) is 0 Å². The molecule has 0 radical (unpaired) electrons. The van der Waals surface area contributed by atoms with Crippen LogP contribution in [0.3, 0.4) is 0 Å². The van der Waals surface area contributed by atoms with E-state index in [1.54, 1.807) is 31.4 Å². The number of nitrogens with zero attached hydrogens (tertiary/aromatic N) is 2. The summed E-state index contributed by atoms with van der Waals surface area (Å²) >= 11 is 0. The molecule has 128 valence electrons. The summed E-state index contributed by atoms with van der Waals surface area (Å²) in [6.07, 6.45) is 1.56. The number of nitro groups is 1. The van der Waals surface area contributed by atoms with Gasteiger partial charge in [-0.05, 0) is 38.6 Å². The van der Waals surface area contributed by atoms with Gasteiger partial charge >= 0.3 is 0 Å². The van der Waals surface area contributed by atoms with Gasteiger partial charge in [-0.25, -0.2) is 0 Å². The zero-order valence-electron chi connectivity index (χ0n) is 13.9. The topological polar surface area (TPSA) is 88.6 Å². The fraction of sp³-hybridized carbons (Fsp3) is 0.353. The molecule has 0 fully saturated rings. The lowest BCUT2D eigenvalue weighted by Crippen LogP contribution is -2.43. The lowest BCUT2D eigenvalue weighted by molar-refractivity contribution is -0.384. The number of carbonyl (C=O) groups excluding carboxylic acids is 1. The molecule has 0 bridgehead atoms. The van der Waals surface area contributed by atoms with Gasteiger partial charge in [-0.2, -0.15) is 0 Å². The molecule has 1 amide bonds. The lowest BCUT2D eigenvalue weighted by atomic mass is 10.0. The Morgan fingerprint density at radius 2 is 2.08 bits per heavy atom. The molecule has 0 saturated carbocycles. The summed E-state index contributed by atoms with van der Waals surface area (Å²) in [5.41, 5.74) is 0.833. The van der Waals surface area contributed by atoms with Crippen LogP contribution in [0.25, 0.3) is 0 Å². The predicted molar refractivity (Wildman–Crippen MR) is 89.3 cm³/mol. The molecule has 2 aromatic rings. The molecular formula is C17H21N3O4. The fourth-order valence-corrected chi connectivity index (χ4v) is 2.39. The SMILES string of the molecule is C[C@H](C(=O)NCc1ccco1)N(C)[C@H](C)c1cccc([N+](=O)[O-])c1. The van der Waals surface area contributed by atoms with Crippen LogP contribution in [-0.2, 0) is 11.3 Å². The lowest BCUT2D eigenvalue weighted by Gasteiger charge is -2.30. The number of hydrogen-bond acceptors (Lipinski definition) is 5. The third-order valence-corrected chi connectivity index (χ3v) is 4.18. The van der Waals surface area contributed by atoms with E-state index in [-0.39, 0.29) is 17.6 Å². The Labute approximate surface area is 140 Å². The molecule has 1 aromatic carbocycles. The van der Waals surface area contributed by atoms with E-state index in [2.05, 4.69) is 5.32 Å². The van der Waals surface area contributed by atoms with Crippen LogP contribution in [0.15, 0.2) is 47.1 Å². The standard InChI is InChI=1S/C17H21N3O4/c1-12(14-6-4-7-15(10-14)20(22)23)19(3)13(2)17(21)18-11-16-8-5-9-24-16/h4-10,12-13H,11H2,1-3H3,(H,18,21)/t12-,13-/m1/s1. The van der Waals surface area contributed by atoms with Gasteiger partial charge in [0.2, 0.25) is 5.91 Å². The number of likely N-dealkylation sites (N-methyl/N-ethyl adjacent to an activating group) is 1. The second-order valence-corrected chi connectivity index (χ2v) is 5.67. The summed E-state index contributed by atoms with van der Waals surface area (Å²) in [6.45, 7) is 4.04. The average Bonchev–Trinajstić information content (AvgIpc) is 3.11. The van der Waals surface area contributed by atoms with Crippen LogP contribution in [0.5, 0.6) is 0 Å². The molecule has 24 heavy (non-hydrogen) atoms. The average molecular weight is 331 g/mol. The summed E-state index contributed by atoms with van der Waals surface area (Å²) in [4.78, 5) is 24.6. The Bertz CT molecular complexity index is 700. The summed E-state index contributed by atoms with van der Waals surface area (Å²) in [5, 5.41) is 13.7. The van der Waals surface area contributed by atoms with Crippen molar-refractivity contribution >= 4 is 11.6 Å². The summed E-state index contributed by atoms with van der Waals surface area (Å²) in [5.74, 6) is 0.552. The number of nitrogens with one attached hydrogen (secondary N) is 1. The molecule has 1 heterocycles. The van der Waals surface area contributed by atoms with Crippen LogP contribution in [0.1, 0.15) is 31.2 Å². The molecule has 2 atom stereocenters. The highest BCUT2D eigenvalue weighted by Crippen LogP contribution is 2.24. The van der Waals surface area contributed by atoms with Crippen LogP contribution in [-0.4, -0.2) is 28.8 Å². The molecule has 7 heteroatoms. The van der Waals surface area contributed by atoms with E-state index in [1.807, 2.05) is 24.9 Å². The predicted octanol–water partition coefficient (Wildman–Crippen LogP) is 2.89. The van der Waals surface area contributed by atoms with Gasteiger partial charge in [0.15, 0.2) is 0 Å². The van der Waals surface area contributed by atoms with Crippen molar-refractivity contribution in [3.63, 3.8) is 0 Å². The molecular weight excluding hydrogens is 310 g/mol. The molecule has 0 spiro atoms. The molecule has 1 N–H and O–H groups in total. The van der Waals surface area contributed by atoms with Crippen LogP contribution >= 0.6 is 0 Å². The first kappa shape index (κ1) is 17.7. The maximum Gasteiger partial charge on any atom is 0.269 e.